The summed E-state index contributed by atoms with van der Waals surface area (Å²) in [5.41, 5.74) is 9.40. The van der Waals surface area contributed by atoms with Crippen molar-refractivity contribution in [2.45, 2.75) is 40.2 Å². The van der Waals surface area contributed by atoms with Gasteiger partial charge in [0, 0.05) is 12.6 Å². The van der Waals surface area contributed by atoms with Gasteiger partial charge in [0.2, 0.25) is 0 Å². The van der Waals surface area contributed by atoms with Crippen molar-refractivity contribution in [2.24, 2.45) is 0 Å². The third kappa shape index (κ3) is 2.44. The number of nitrogen functional groups attached to an aromatic ring is 1. The fourth-order valence-corrected chi connectivity index (χ4v) is 1.98. The van der Waals surface area contributed by atoms with E-state index in [0.29, 0.717) is 6.04 Å². The molecule has 0 amide bonds. The van der Waals surface area contributed by atoms with Crippen LogP contribution in [0.15, 0.2) is 18.2 Å². The van der Waals surface area contributed by atoms with Crippen molar-refractivity contribution >= 4 is 11.4 Å². The summed E-state index contributed by atoms with van der Waals surface area (Å²) in [5, 5.41) is 0. The summed E-state index contributed by atoms with van der Waals surface area (Å²) in [6.45, 7) is 9.76. The van der Waals surface area contributed by atoms with E-state index >= 15 is 0 Å². The van der Waals surface area contributed by atoms with Gasteiger partial charge in [-0.3, -0.25) is 0 Å². The highest BCUT2D eigenvalue weighted by atomic mass is 15.2. The number of nitrogens with two attached hydrogens (primary N) is 1. The third-order valence-electron chi connectivity index (χ3n) is 3.02. The highest BCUT2D eigenvalue weighted by molar-refractivity contribution is 5.71. The van der Waals surface area contributed by atoms with E-state index in [4.69, 9.17) is 5.73 Å². The quantitative estimate of drug-likeness (QED) is 0.766. The molecule has 0 aromatic heterocycles. The number of nitrogens with zero attached hydrogens (tertiary/aromatic N) is 1. The molecule has 84 valence electrons. The number of anilines is 2. The van der Waals surface area contributed by atoms with Crippen molar-refractivity contribution in [3.05, 3.63) is 23.8 Å². The molecule has 0 spiro atoms. The summed E-state index contributed by atoms with van der Waals surface area (Å²) in [6.07, 6.45) is 1.14. The van der Waals surface area contributed by atoms with Crippen molar-refractivity contribution in [2.75, 3.05) is 17.2 Å². The predicted molar refractivity (Wildman–Crippen MR) is 68.4 cm³/mol. The SMILES string of the molecule is CCC(C)N(CC)c1c(C)cccc1N. The second-order valence-electron chi connectivity index (χ2n) is 4.06. The summed E-state index contributed by atoms with van der Waals surface area (Å²) >= 11 is 0. The predicted octanol–water partition coefficient (Wildman–Crippen LogP) is 3.20. The smallest absolute Gasteiger partial charge is 0.0631 e. The van der Waals surface area contributed by atoms with Gasteiger partial charge in [-0.1, -0.05) is 19.1 Å². The first-order chi connectivity index (χ1) is 7.11. The second kappa shape index (κ2) is 5.06. The molecule has 1 aromatic rings. The monoisotopic (exact) mass is 206 g/mol. The van der Waals surface area contributed by atoms with Gasteiger partial charge >= 0.3 is 0 Å². The maximum absolute atomic E-state index is 6.05. The molecule has 0 aliphatic rings. The number of hydrogen-bond acceptors (Lipinski definition) is 2. The lowest BCUT2D eigenvalue weighted by atomic mass is 10.1. The molecule has 0 bridgehead atoms. The average molecular weight is 206 g/mol. The molecule has 1 rings (SSSR count). The fourth-order valence-electron chi connectivity index (χ4n) is 1.98. The van der Waals surface area contributed by atoms with Gasteiger partial charge < -0.3 is 10.6 Å². The molecule has 0 heterocycles. The van der Waals surface area contributed by atoms with Crippen molar-refractivity contribution < 1.29 is 0 Å². The standard InChI is InChI=1S/C13H22N2/c1-5-11(4)15(6-2)13-10(3)8-7-9-12(13)14/h7-9,11H,5-6,14H2,1-4H3. The van der Waals surface area contributed by atoms with Gasteiger partial charge in [0.1, 0.15) is 0 Å². The lowest BCUT2D eigenvalue weighted by Crippen LogP contribution is -2.33. The topological polar surface area (TPSA) is 29.3 Å². The van der Waals surface area contributed by atoms with Crippen LogP contribution in [-0.4, -0.2) is 12.6 Å². The molecule has 0 fully saturated rings. The Kier molecular flexibility index (Phi) is 4.01. The van der Waals surface area contributed by atoms with Crippen molar-refractivity contribution in [3.63, 3.8) is 0 Å². The van der Waals surface area contributed by atoms with E-state index in [0.717, 1.165) is 18.7 Å². The van der Waals surface area contributed by atoms with Crippen molar-refractivity contribution in [1.29, 1.82) is 0 Å². The minimum atomic E-state index is 0.540. The summed E-state index contributed by atoms with van der Waals surface area (Å²) in [6, 6.07) is 6.65. The number of aryl methyl sites for hydroxylation is 1. The largest absolute Gasteiger partial charge is 0.397 e. The number of benzene rings is 1. The Labute approximate surface area is 93.1 Å². The van der Waals surface area contributed by atoms with Crippen LogP contribution in [0.4, 0.5) is 11.4 Å². The Morgan fingerprint density at radius 2 is 2.00 bits per heavy atom. The normalized spacial score (nSPS) is 12.5. The lowest BCUT2D eigenvalue weighted by Gasteiger charge is -2.32. The van der Waals surface area contributed by atoms with Crippen molar-refractivity contribution in [3.8, 4) is 0 Å². The van der Waals surface area contributed by atoms with E-state index in [2.05, 4.69) is 38.7 Å². The van der Waals surface area contributed by atoms with E-state index < -0.39 is 0 Å². The van der Waals surface area contributed by atoms with Gasteiger partial charge in [-0.05, 0) is 38.8 Å². The Morgan fingerprint density at radius 3 is 2.47 bits per heavy atom. The fraction of sp³-hybridized carbons (Fsp3) is 0.538. The number of rotatable bonds is 4. The van der Waals surface area contributed by atoms with Crippen LogP contribution in [0.1, 0.15) is 32.8 Å². The van der Waals surface area contributed by atoms with E-state index in [9.17, 15) is 0 Å². The molecular formula is C13H22N2. The molecule has 15 heavy (non-hydrogen) atoms. The molecule has 0 radical (unpaired) electrons. The zero-order valence-electron chi connectivity index (χ0n) is 10.2. The molecule has 0 saturated carbocycles. The van der Waals surface area contributed by atoms with Crippen LogP contribution in [0.3, 0.4) is 0 Å². The van der Waals surface area contributed by atoms with Crippen LogP contribution in [0.25, 0.3) is 0 Å². The summed E-state index contributed by atoms with van der Waals surface area (Å²) in [5.74, 6) is 0. The molecule has 2 N–H and O–H groups in total. The number of para-hydroxylation sites is 1. The van der Waals surface area contributed by atoms with Crippen LogP contribution < -0.4 is 10.6 Å². The van der Waals surface area contributed by atoms with Gasteiger partial charge in [0.05, 0.1) is 11.4 Å². The molecule has 1 atom stereocenters. The van der Waals surface area contributed by atoms with Gasteiger partial charge in [0.25, 0.3) is 0 Å². The first-order valence-corrected chi connectivity index (χ1v) is 5.73. The Balaban J connectivity index is 3.11. The Morgan fingerprint density at radius 1 is 1.33 bits per heavy atom. The first-order valence-electron chi connectivity index (χ1n) is 5.73. The molecule has 1 aromatic carbocycles. The third-order valence-corrected chi connectivity index (χ3v) is 3.02. The van der Waals surface area contributed by atoms with Crippen LogP contribution >= 0.6 is 0 Å². The van der Waals surface area contributed by atoms with Crippen molar-refractivity contribution in [1.82, 2.24) is 0 Å². The molecule has 2 nitrogen and oxygen atoms in total. The molecular weight excluding hydrogens is 184 g/mol. The summed E-state index contributed by atoms with van der Waals surface area (Å²) < 4.78 is 0. The molecule has 0 aliphatic carbocycles. The van der Waals surface area contributed by atoms with Crippen LogP contribution in [-0.2, 0) is 0 Å². The van der Waals surface area contributed by atoms with E-state index in [1.165, 1.54) is 11.3 Å². The summed E-state index contributed by atoms with van der Waals surface area (Å²) in [4.78, 5) is 2.38. The zero-order chi connectivity index (χ0) is 11.4. The molecule has 1 unspecified atom stereocenters. The number of hydrogen-bond donors (Lipinski definition) is 1. The van der Waals surface area contributed by atoms with Crippen LogP contribution in [0.5, 0.6) is 0 Å². The van der Waals surface area contributed by atoms with Gasteiger partial charge in [-0.15, -0.1) is 0 Å². The van der Waals surface area contributed by atoms with Gasteiger partial charge in [0.15, 0.2) is 0 Å². The molecule has 0 saturated heterocycles. The summed E-state index contributed by atoms with van der Waals surface area (Å²) in [7, 11) is 0. The van der Waals surface area contributed by atoms with Gasteiger partial charge in [-0.25, -0.2) is 0 Å². The lowest BCUT2D eigenvalue weighted by molar-refractivity contribution is 0.629. The average Bonchev–Trinajstić information content (AvgIpc) is 2.22. The maximum Gasteiger partial charge on any atom is 0.0631 e. The second-order valence-corrected chi connectivity index (χ2v) is 4.06. The van der Waals surface area contributed by atoms with E-state index in [-0.39, 0.29) is 0 Å². The first kappa shape index (κ1) is 11.9. The molecule has 2 heteroatoms. The highest BCUT2D eigenvalue weighted by Crippen LogP contribution is 2.29. The Bertz CT molecular complexity index is 300. The highest BCUT2D eigenvalue weighted by Gasteiger charge is 2.15. The Hall–Kier alpha value is -1.18. The maximum atomic E-state index is 6.05. The van der Waals surface area contributed by atoms with E-state index in [1.54, 1.807) is 0 Å². The van der Waals surface area contributed by atoms with Gasteiger partial charge in [-0.2, -0.15) is 0 Å². The minimum absolute atomic E-state index is 0.540. The van der Waals surface area contributed by atoms with E-state index in [1.807, 2.05) is 12.1 Å². The zero-order valence-corrected chi connectivity index (χ0v) is 10.2. The van der Waals surface area contributed by atoms with Crippen LogP contribution in [0.2, 0.25) is 0 Å². The minimum Gasteiger partial charge on any atom is -0.397 e. The molecule has 0 aliphatic heterocycles. The van der Waals surface area contributed by atoms with Crippen LogP contribution in [0, 0.1) is 6.92 Å².